The highest BCUT2D eigenvalue weighted by Crippen LogP contribution is 2.22. The molecule has 0 radical (unpaired) electrons. The lowest BCUT2D eigenvalue weighted by Crippen LogP contribution is -2.46. The van der Waals surface area contributed by atoms with E-state index in [-0.39, 0.29) is 24.4 Å². The van der Waals surface area contributed by atoms with Crippen LogP contribution in [0.2, 0.25) is 0 Å². The molecule has 5 nitrogen and oxygen atoms in total. The summed E-state index contributed by atoms with van der Waals surface area (Å²) in [6.45, 7) is 5.58. The first-order valence-electron chi connectivity index (χ1n) is 12.5. The molecule has 0 amide bonds. The summed E-state index contributed by atoms with van der Waals surface area (Å²) in [6.07, 6.45) is 5.43. The number of rotatable bonds is 17. The van der Waals surface area contributed by atoms with Gasteiger partial charge >= 0.3 is 5.97 Å². The molecule has 0 fully saturated rings. The number of thioether (sulfide) groups is 1. The maximum Gasteiger partial charge on any atom is 0.306 e. The van der Waals surface area contributed by atoms with Crippen molar-refractivity contribution in [3.63, 3.8) is 0 Å². The van der Waals surface area contributed by atoms with Crippen molar-refractivity contribution in [1.29, 1.82) is 0 Å². The fourth-order valence-corrected chi connectivity index (χ4v) is 5.35. The minimum atomic E-state index is -0.398. The van der Waals surface area contributed by atoms with E-state index in [9.17, 15) is 4.79 Å². The molecule has 0 heterocycles. The van der Waals surface area contributed by atoms with Gasteiger partial charge in [0.1, 0.15) is 11.9 Å². The lowest BCUT2D eigenvalue weighted by Gasteiger charge is -2.25. The zero-order chi connectivity index (χ0) is 24.6. The van der Waals surface area contributed by atoms with Gasteiger partial charge in [-0.3, -0.25) is 4.79 Å². The van der Waals surface area contributed by atoms with E-state index in [0.29, 0.717) is 31.2 Å². The second-order valence-electron chi connectivity index (χ2n) is 8.68. The summed E-state index contributed by atoms with van der Waals surface area (Å²) in [7, 11) is 1.66. The second kappa shape index (κ2) is 18.5. The van der Waals surface area contributed by atoms with Crippen LogP contribution in [0.5, 0.6) is 5.75 Å². The number of nitrogens with two attached hydrogens (primary N) is 1. The number of hydrogen-bond donors (Lipinski definition) is 2. The largest absolute Gasteiger partial charge is 0.497 e. The van der Waals surface area contributed by atoms with E-state index in [2.05, 4.69) is 31.3 Å². The lowest BCUT2D eigenvalue weighted by atomic mass is 10.0. The van der Waals surface area contributed by atoms with Crippen LogP contribution in [0.25, 0.3) is 0 Å². The summed E-state index contributed by atoms with van der Waals surface area (Å²) >= 11 is 1.90. The number of hydrogen-bond acceptors (Lipinski definition) is 6. The highest BCUT2D eigenvalue weighted by molar-refractivity contribution is 7.99. The molecule has 0 aliphatic carbocycles. The first kappa shape index (κ1) is 31.3. The van der Waals surface area contributed by atoms with Crippen molar-refractivity contribution in [1.82, 2.24) is 5.32 Å². The molecule has 0 saturated carbocycles. The SMILES string of the molecule is CCCC(CCC)SCCC(=O)OC(CNCc1cccc(OC)c1)C(N)Cc1ccccc1.Cl. The Balaban J connectivity index is 0.00000612. The van der Waals surface area contributed by atoms with E-state index in [4.69, 9.17) is 15.2 Å². The molecule has 7 heteroatoms. The first-order chi connectivity index (χ1) is 16.5. The molecule has 2 aromatic carbocycles. The number of carbonyl (C=O) groups is 1. The third-order valence-electron chi connectivity index (χ3n) is 5.76. The predicted octanol–water partition coefficient (Wildman–Crippen LogP) is 5.78. The van der Waals surface area contributed by atoms with Gasteiger partial charge in [0.05, 0.1) is 13.5 Å². The van der Waals surface area contributed by atoms with Crippen LogP contribution in [0.1, 0.15) is 57.1 Å². The van der Waals surface area contributed by atoms with Crippen molar-refractivity contribution in [3.05, 3.63) is 65.7 Å². The molecule has 0 saturated heterocycles. The Labute approximate surface area is 222 Å². The second-order valence-corrected chi connectivity index (χ2v) is 10.1. The molecule has 0 aliphatic rings. The van der Waals surface area contributed by atoms with Crippen LogP contribution in [0.4, 0.5) is 0 Å². The van der Waals surface area contributed by atoms with Gasteiger partial charge in [0.15, 0.2) is 0 Å². The van der Waals surface area contributed by atoms with Crippen LogP contribution in [-0.4, -0.2) is 42.8 Å². The van der Waals surface area contributed by atoms with Gasteiger partial charge in [0.25, 0.3) is 0 Å². The zero-order valence-corrected chi connectivity index (χ0v) is 23.0. The minimum Gasteiger partial charge on any atom is -0.497 e. The van der Waals surface area contributed by atoms with Crippen molar-refractivity contribution < 1.29 is 14.3 Å². The Morgan fingerprint density at radius 2 is 1.71 bits per heavy atom. The Morgan fingerprint density at radius 3 is 2.37 bits per heavy atom. The summed E-state index contributed by atoms with van der Waals surface area (Å²) in [5, 5.41) is 4.04. The standard InChI is InChI=1S/C28H42N2O3S.ClH/c1-4-10-25(11-5-2)34-17-16-28(31)33-27(26(29)19-22-12-7-6-8-13-22)21-30-20-23-14-9-15-24(18-23)32-3;/h6-9,12-15,18,25-27,30H,4-5,10-11,16-17,19-21,29H2,1-3H3;1H. The number of nitrogens with one attached hydrogen (secondary N) is 1. The number of halogens is 1. The highest BCUT2D eigenvalue weighted by Gasteiger charge is 2.22. The Bertz CT molecular complexity index is 819. The molecule has 0 aliphatic heterocycles. The number of carbonyl (C=O) groups excluding carboxylic acids is 1. The summed E-state index contributed by atoms with van der Waals surface area (Å²) in [5.41, 5.74) is 8.78. The third kappa shape index (κ3) is 12.7. The van der Waals surface area contributed by atoms with Gasteiger partial charge < -0.3 is 20.5 Å². The lowest BCUT2D eigenvalue weighted by molar-refractivity contribution is -0.149. The van der Waals surface area contributed by atoms with Gasteiger partial charge in [-0.2, -0.15) is 11.8 Å². The molecular weight excluding hydrogens is 480 g/mol. The van der Waals surface area contributed by atoms with Gasteiger partial charge in [-0.05, 0) is 42.5 Å². The summed E-state index contributed by atoms with van der Waals surface area (Å²) in [6, 6.07) is 17.8. The molecule has 2 atom stereocenters. The average molecular weight is 523 g/mol. The molecule has 0 spiro atoms. The molecule has 3 N–H and O–H groups in total. The van der Waals surface area contributed by atoms with E-state index in [1.807, 2.05) is 54.2 Å². The minimum absolute atomic E-state index is 0. The maximum atomic E-state index is 12.7. The van der Waals surface area contributed by atoms with Crippen LogP contribution in [0, 0.1) is 0 Å². The summed E-state index contributed by atoms with van der Waals surface area (Å²) in [4.78, 5) is 12.7. The third-order valence-corrected chi connectivity index (χ3v) is 7.15. The topological polar surface area (TPSA) is 73.6 Å². The Kier molecular flexibility index (Phi) is 16.6. The quantitative estimate of drug-likeness (QED) is 0.256. The van der Waals surface area contributed by atoms with Gasteiger partial charge in [-0.1, -0.05) is 69.2 Å². The molecule has 0 aromatic heterocycles. The Morgan fingerprint density at radius 1 is 1.03 bits per heavy atom. The van der Waals surface area contributed by atoms with Crippen molar-refractivity contribution >= 4 is 30.1 Å². The van der Waals surface area contributed by atoms with Crippen LogP contribution >= 0.6 is 24.2 Å². The Hall–Kier alpha value is -1.73. The van der Waals surface area contributed by atoms with Crippen molar-refractivity contribution in [2.75, 3.05) is 19.4 Å². The molecule has 196 valence electrons. The fraction of sp³-hybridized carbons (Fsp3) is 0.536. The first-order valence-corrected chi connectivity index (χ1v) is 13.5. The van der Waals surface area contributed by atoms with Gasteiger partial charge in [0.2, 0.25) is 0 Å². The normalized spacial score (nSPS) is 12.6. The summed E-state index contributed by atoms with van der Waals surface area (Å²) in [5.74, 6) is 1.45. The molecule has 35 heavy (non-hydrogen) atoms. The number of ether oxygens (including phenoxy) is 2. The molecule has 0 bridgehead atoms. The number of methoxy groups -OCH3 is 1. The number of esters is 1. The maximum absolute atomic E-state index is 12.7. The van der Waals surface area contributed by atoms with E-state index in [1.165, 1.54) is 25.7 Å². The van der Waals surface area contributed by atoms with Gasteiger partial charge in [0, 0.05) is 30.1 Å². The monoisotopic (exact) mass is 522 g/mol. The van der Waals surface area contributed by atoms with E-state index in [0.717, 1.165) is 22.6 Å². The van der Waals surface area contributed by atoms with E-state index in [1.54, 1.807) is 7.11 Å². The summed E-state index contributed by atoms with van der Waals surface area (Å²) < 4.78 is 11.2. The smallest absolute Gasteiger partial charge is 0.306 e. The van der Waals surface area contributed by atoms with Crippen molar-refractivity contribution in [3.8, 4) is 5.75 Å². The molecule has 2 rings (SSSR count). The van der Waals surface area contributed by atoms with Gasteiger partial charge in [-0.25, -0.2) is 0 Å². The van der Waals surface area contributed by atoms with Crippen LogP contribution in [0.3, 0.4) is 0 Å². The fourth-order valence-electron chi connectivity index (χ4n) is 3.93. The van der Waals surface area contributed by atoms with Crippen molar-refractivity contribution in [2.45, 2.75) is 76.3 Å². The molecule has 2 aromatic rings. The predicted molar refractivity (Wildman–Crippen MR) is 151 cm³/mol. The van der Waals surface area contributed by atoms with Crippen molar-refractivity contribution in [2.24, 2.45) is 5.73 Å². The van der Waals surface area contributed by atoms with Crippen LogP contribution in [-0.2, 0) is 22.5 Å². The average Bonchev–Trinajstić information content (AvgIpc) is 2.84. The zero-order valence-electron chi connectivity index (χ0n) is 21.4. The molecule has 2 unspecified atom stereocenters. The van der Waals surface area contributed by atoms with E-state index < -0.39 is 6.10 Å². The number of benzene rings is 2. The van der Waals surface area contributed by atoms with Gasteiger partial charge in [-0.15, -0.1) is 12.4 Å². The highest BCUT2D eigenvalue weighted by atomic mass is 35.5. The van der Waals surface area contributed by atoms with E-state index >= 15 is 0 Å². The molecular formula is C28H43ClN2O3S. The van der Waals surface area contributed by atoms with Crippen LogP contribution < -0.4 is 15.8 Å². The van der Waals surface area contributed by atoms with Crippen LogP contribution in [0.15, 0.2) is 54.6 Å².